The maximum Gasteiger partial charge on any atom is 0.317 e. The average molecular weight is 385 g/mol. The summed E-state index contributed by atoms with van der Waals surface area (Å²) in [6.07, 6.45) is 2.39. The number of urea groups is 1. The Morgan fingerprint density at radius 3 is 2.87 bits per heavy atom. The van der Waals surface area contributed by atoms with Crippen molar-refractivity contribution in [3.63, 3.8) is 0 Å². The number of carbonyl (C=O) groups is 2. The van der Waals surface area contributed by atoms with Crippen molar-refractivity contribution in [1.82, 2.24) is 10.2 Å². The number of amides is 2. The van der Waals surface area contributed by atoms with Crippen LogP contribution in [0.1, 0.15) is 24.8 Å². The lowest BCUT2D eigenvalue weighted by molar-refractivity contribution is -0.149. The third-order valence-electron chi connectivity index (χ3n) is 4.95. The fraction of sp³-hybridized carbons (Fsp3) is 0.500. The molecule has 1 aliphatic carbocycles. The molecule has 0 radical (unpaired) electrons. The number of halogens is 2. The zero-order valence-electron chi connectivity index (χ0n) is 12.5. The SMILES string of the molecule is O=C(NCc1cc(F)cc(Br)c1)N1C[C@@H]2CCC[C@@]2(C(=O)O)C1. The Hall–Kier alpha value is -1.63. The van der Waals surface area contributed by atoms with E-state index in [-0.39, 0.29) is 30.9 Å². The van der Waals surface area contributed by atoms with Crippen LogP contribution in [0, 0.1) is 17.2 Å². The molecule has 0 bridgehead atoms. The molecule has 124 valence electrons. The van der Waals surface area contributed by atoms with Crippen LogP contribution in [-0.2, 0) is 11.3 Å². The van der Waals surface area contributed by atoms with Gasteiger partial charge in [-0.05, 0) is 42.5 Å². The van der Waals surface area contributed by atoms with Crippen LogP contribution < -0.4 is 5.32 Å². The number of aliphatic carboxylic acids is 1. The summed E-state index contributed by atoms with van der Waals surface area (Å²) >= 11 is 3.21. The molecule has 1 aromatic carbocycles. The minimum atomic E-state index is -0.802. The highest BCUT2D eigenvalue weighted by Gasteiger charge is 2.55. The Morgan fingerprint density at radius 1 is 1.43 bits per heavy atom. The molecule has 5 nitrogen and oxygen atoms in total. The van der Waals surface area contributed by atoms with E-state index >= 15 is 0 Å². The zero-order chi connectivity index (χ0) is 16.6. The van der Waals surface area contributed by atoms with Crippen LogP contribution in [0.25, 0.3) is 0 Å². The average Bonchev–Trinajstić information content (AvgIpc) is 3.01. The predicted octanol–water partition coefficient (Wildman–Crippen LogP) is 2.98. The molecule has 1 aromatic rings. The third-order valence-corrected chi connectivity index (χ3v) is 5.41. The summed E-state index contributed by atoms with van der Waals surface area (Å²) < 4.78 is 13.9. The van der Waals surface area contributed by atoms with Gasteiger partial charge in [-0.1, -0.05) is 22.4 Å². The second kappa shape index (κ2) is 6.11. The number of hydrogen-bond acceptors (Lipinski definition) is 2. The van der Waals surface area contributed by atoms with Crippen molar-refractivity contribution >= 4 is 27.9 Å². The van der Waals surface area contributed by atoms with E-state index in [1.807, 2.05) is 0 Å². The van der Waals surface area contributed by atoms with Crippen molar-refractivity contribution in [2.45, 2.75) is 25.8 Å². The van der Waals surface area contributed by atoms with Crippen molar-refractivity contribution in [2.24, 2.45) is 11.3 Å². The van der Waals surface area contributed by atoms with E-state index in [1.165, 1.54) is 12.1 Å². The van der Waals surface area contributed by atoms with Crippen LogP contribution in [0.5, 0.6) is 0 Å². The highest BCUT2D eigenvalue weighted by Crippen LogP contribution is 2.48. The molecule has 2 N–H and O–H groups in total. The number of fused-ring (bicyclic) bond motifs is 1. The highest BCUT2D eigenvalue weighted by atomic mass is 79.9. The molecule has 2 atom stereocenters. The van der Waals surface area contributed by atoms with Gasteiger partial charge in [-0.15, -0.1) is 0 Å². The summed E-state index contributed by atoms with van der Waals surface area (Å²) in [6, 6.07) is 4.16. The molecule has 2 amide bonds. The van der Waals surface area contributed by atoms with Gasteiger partial charge in [-0.3, -0.25) is 4.79 Å². The Labute approximate surface area is 142 Å². The maximum absolute atomic E-state index is 13.3. The van der Waals surface area contributed by atoms with Crippen molar-refractivity contribution in [3.8, 4) is 0 Å². The summed E-state index contributed by atoms with van der Waals surface area (Å²) in [5, 5.41) is 12.3. The monoisotopic (exact) mass is 384 g/mol. The van der Waals surface area contributed by atoms with Crippen LogP contribution in [0.15, 0.2) is 22.7 Å². The van der Waals surface area contributed by atoms with Crippen molar-refractivity contribution in [2.75, 3.05) is 13.1 Å². The molecule has 1 heterocycles. The van der Waals surface area contributed by atoms with E-state index in [4.69, 9.17) is 0 Å². The van der Waals surface area contributed by atoms with Crippen LogP contribution in [0.3, 0.4) is 0 Å². The number of nitrogens with zero attached hydrogens (tertiary/aromatic N) is 1. The van der Waals surface area contributed by atoms with Crippen LogP contribution >= 0.6 is 15.9 Å². The van der Waals surface area contributed by atoms with Crippen molar-refractivity contribution < 1.29 is 19.1 Å². The summed E-state index contributed by atoms with van der Waals surface area (Å²) in [4.78, 5) is 25.5. The molecule has 1 saturated heterocycles. The Morgan fingerprint density at radius 2 is 2.22 bits per heavy atom. The first-order valence-corrected chi connectivity index (χ1v) is 8.41. The molecule has 0 spiro atoms. The first-order valence-electron chi connectivity index (χ1n) is 7.62. The number of benzene rings is 1. The van der Waals surface area contributed by atoms with E-state index in [2.05, 4.69) is 21.2 Å². The molecular formula is C16H18BrFN2O3. The third kappa shape index (κ3) is 3.06. The van der Waals surface area contributed by atoms with Crippen molar-refractivity contribution in [1.29, 1.82) is 0 Å². The summed E-state index contributed by atoms with van der Waals surface area (Å²) in [5.41, 5.74) is -0.128. The maximum atomic E-state index is 13.3. The number of carbonyl (C=O) groups excluding carboxylic acids is 1. The molecule has 23 heavy (non-hydrogen) atoms. The van der Waals surface area contributed by atoms with Crippen LogP contribution in [0.2, 0.25) is 0 Å². The fourth-order valence-electron chi connectivity index (χ4n) is 3.80. The molecular weight excluding hydrogens is 367 g/mol. The molecule has 1 saturated carbocycles. The van der Waals surface area contributed by atoms with Gasteiger partial charge in [0.15, 0.2) is 0 Å². The first kappa shape index (κ1) is 16.2. The van der Waals surface area contributed by atoms with Crippen molar-refractivity contribution in [3.05, 3.63) is 34.1 Å². The van der Waals surface area contributed by atoms with Gasteiger partial charge in [0.25, 0.3) is 0 Å². The summed E-state index contributed by atoms with van der Waals surface area (Å²) in [6.45, 7) is 0.938. The molecule has 7 heteroatoms. The summed E-state index contributed by atoms with van der Waals surface area (Å²) in [5.74, 6) is -1.14. The highest BCUT2D eigenvalue weighted by molar-refractivity contribution is 9.10. The first-order chi connectivity index (χ1) is 10.9. The van der Waals surface area contributed by atoms with Gasteiger partial charge >= 0.3 is 12.0 Å². The summed E-state index contributed by atoms with van der Waals surface area (Å²) in [7, 11) is 0. The molecule has 1 aliphatic heterocycles. The number of rotatable bonds is 3. The lowest BCUT2D eigenvalue weighted by atomic mass is 9.81. The molecule has 3 rings (SSSR count). The van der Waals surface area contributed by atoms with Gasteiger partial charge in [-0.25, -0.2) is 9.18 Å². The number of carboxylic acid groups (broad SMARTS) is 1. The zero-order valence-corrected chi connectivity index (χ0v) is 14.1. The second-order valence-electron chi connectivity index (χ2n) is 6.37. The quantitative estimate of drug-likeness (QED) is 0.841. The number of carboxylic acids is 1. The Kier molecular flexibility index (Phi) is 4.31. The predicted molar refractivity (Wildman–Crippen MR) is 85.3 cm³/mol. The Bertz CT molecular complexity index is 634. The lowest BCUT2D eigenvalue weighted by Gasteiger charge is -2.23. The van der Waals surface area contributed by atoms with E-state index in [9.17, 15) is 19.1 Å². The van der Waals surface area contributed by atoms with E-state index in [0.717, 1.165) is 12.8 Å². The normalized spacial score (nSPS) is 26.2. The molecule has 2 fully saturated rings. The van der Waals surface area contributed by atoms with Gasteiger partial charge in [0.1, 0.15) is 5.82 Å². The number of nitrogens with one attached hydrogen (secondary N) is 1. The van der Waals surface area contributed by atoms with Crippen LogP contribution in [0.4, 0.5) is 9.18 Å². The fourth-order valence-corrected chi connectivity index (χ4v) is 4.31. The molecule has 0 aromatic heterocycles. The smallest absolute Gasteiger partial charge is 0.317 e. The molecule has 2 aliphatic rings. The second-order valence-corrected chi connectivity index (χ2v) is 7.28. The van der Waals surface area contributed by atoms with Gasteiger partial charge in [0.2, 0.25) is 0 Å². The van der Waals surface area contributed by atoms with E-state index < -0.39 is 11.4 Å². The van der Waals surface area contributed by atoms with E-state index in [1.54, 1.807) is 11.0 Å². The minimum absolute atomic E-state index is 0.0362. The van der Waals surface area contributed by atoms with Gasteiger partial charge in [-0.2, -0.15) is 0 Å². The topological polar surface area (TPSA) is 69.6 Å². The Balaban J connectivity index is 1.62. The van der Waals surface area contributed by atoms with Gasteiger partial charge < -0.3 is 15.3 Å². The molecule has 0 unspecified atom stereocenters. The lowest BCUT2D eigenvalue weighted by Crippen LogP contribution is -2.41. The number of hydrogen-bond donors (Lipinski definition) is 2. The standard InChI is InChI=1S/C16H18BrFN2O3/c17-12-4-10(5-13(18)6-12)7-19-15(23)20-8-11-2-1-3-16(11,9-20)14(21)22/h4-6,11H,1-3,7-9H2,(H,19,23)(H,21,22)/t11-,16+/m0/s1. The largest absolute Gasteiger partial charge is 0.481 e. The van der Waals surface area contributed by atoms with E-state index in [0.29, 0.717) is 23.0 Å². The van der Waals surface area contributed by atoms with Gasteiger partial charge in [0.05, 0.1) is 5.41 Å². The minimum Gasteiger partial charge on any atom is -0.481 e. The van der Waals surface area contributed by atoms with Crippen LogP contribution in [-0.4, -0.2) is 35.1 Å². The van der Waals surface area contributed by atoms with Gasteiger partial charge in [0, 0.05) is 24.1 Å². The number of likely N-dealkylation sites (tertiary alicyclic amines) is 1.